The summed E-state index contributed by atoms with van der Waals surface area (Å²) in [6.45, 7) is 2.70. The molecule has 0 bridgehead atoms. The summed E-state index contributed by atoms with van der Waals surface area (Å²) in [6.07, 6.45) is -2.16. The molecule has 7 heteroatoms. The zero-order chi connectivity index (χ0) is 16.7. The zero-order valence-corrected chi connectivity index (χ0v) is 12.9. The number of carbonyl (C=O) groups excluding carboxylic acids is 1. The fourth-order valence-corrected chi connectivity index (χ4v) is 2.71. The molecule has 1 heterocycles. The van der Waals surface area contributed by atoms with Crippen LogP contribution in [-0.2, 0) is 12.6 Å². The molecule has 2 rings (SSSR count). The van der Waals surface area contributed by atoms with Crippen LogP contribution in [0.25, 0.3) is 0 Å². The molecule has 1 aromatic carbocycles. The lowest BCUT2D eigenvalue weighted by atomic mass is 9.98. The van der Waals surface area contributed by atoms with Gasteiger partial charge < -0.3 is 16.0 Å². The van der Waals surface area contributed by atoms with Crippen molar-refractivity contribution in [2.24, 2.45) is 5.92 Å². The fourth-order valence-electron chi connectivity index (χ4n) is 2.71. The predicted octanol–water partition coefficient (Wildman–Crippen LogP) is 2.55. The second-order valence-electron chi connectivity index (χ2n) is 5.74. The van der Waals surface area contributed by atoms with Crippen LogP contribution in [0.2, 0.25) is 0 Å². The third-order valence-electron chi connectivity index (χ3n) is 4.01. The molecular formula is C16H22F3N3O. The average molecular weight is 329 g/mol. The van der Waals surface area contributed by atoms with Crippen molar-refractivity contribution in [3.8, 4) is 0 Å². The fraction of sp³-hybridized carbons (Fsp3) is 0.562. The summed E-state index contributed by atoms with van der Waals surface area (Å²) in [6, 6.07) is 5.12. The van der Waals surface area contributed by atoms with Crippen LogP contribution in [-0.4, -0.2) is 32.2 Å². The predicted molar refractivity (Wildman–Crippen MR) is 82.1 cm³/mol. The SMILES string of the molecule is O=C(NCCc1ccccc1C(F)(F)F)NCC1CCNCC1. The van der Waals surface area contributed by atoms with Crippen molar-refractivity contribution in [1.29, 1.82) is 0 Å². The molecule has 1 fully saturated rings. The lowest BCUT2D eigenvalue weighted by Gasteiger charge is -2.22. The lowest BCUT2D eigenvalue weighted by Crippen LogP contribution is -2.41. The molecule has 1 aliphatic rings. The van der Waals surface area contributed by atoms with E-state index in [1.165, 1.54) is 12.1 Å². The van der Waals surface area contributed by atoms with E-state index in [4.69, 9.17) is 0 Å². The van der Waals surface area contributed by atoms with E-state index in [1.807, 2.05) is 0 Å². The average Bonchev–Trinajstić information content (AvgIpc) is 2.53. The highest BCUT2D eigenvalue weighted by Crippen LogP contribution is 2.31. The number of rotatable bonds is 5. The molecule has 0 atom stereocenters. The largest absolute Gasteiger partial charge is 0.416 e. The van der Waals surface area contributed by atoms with Gasteiger partial charge in [-0.05, 0) is 49.9 Å². The lowest BCUT2D eigenvalue weighted by molar-refractivity contribution is -0.138. The van der Waals surface area contributed by atoms with E-state index in [1.54, 1.807) is 6.07 Å². The first-order valence-corrected chi connectivity index (χ1v) is 7.84. The summed E-state index contributed by atoms with van der Waals surface area (Å²) in [5, 5.41) is 8.65. The number of urea groups is 1. The molecule has 1 aliphatic heterocycles. The minimum Gasteiger partial charge on any atom is -0.338 e. The Morgan fingerprint density at radius 1 is 1.17 bits per heavy atom. The van der Waals surface area contributed by atoms with E-state index in [-0.39, 0.29) is 24.6 Å². The quantitative estimate of drug-likeness (QED) is 0.778. The van der Waals surface area contributed by atoms with Gasteiger partial charge in [0.05, 0.1) is 5.56 Å². The van der Waals surface area contributed by atoms with Gasteiger partial charge in [0.2, 0.25) is 0 Å². The second kappa shape index (κ2) is 8.19. The summed E-state index contributed by atoms with van der Waals surface area (Å²) < 4.78 is 38.6. The first kappa shape index (κ1) is 17.6. The van der Waals surface area contributed by atoms with Gasteiger partial charge in [-0.1, -0.05) is 18.2 Å². The van der Waals surface area contributed by atoms with Crippen LogP contribution in [0.4, 0.5) is 18.0 Å². The van der Waals surface area contributed by atoms with Gasteiger partial charge in [-0.3, -0.25) is 0 Å². The van der Waals surface area contributed by atoms with Gasteiger partial charge in [-0.2, -0.15) is 13.2 Å². The third kappa shape index (κ3) is 5.74. The summed E-state index contributed by atoms with van der Waals surface area (Å²) in [5.74, 6) is 0.466. The highest BCUT2D eigenvalue weighted by Gasteiger charge is 2.32. The third-order valence-corrected chi connectivity index (χ3v) is 4.01. The number of amides is 2. The smallest absolute Gasteiger partial charge is 0.338 e. The van der Waals surface area contributed by atoms with Crippen LogP contribution >= 0.6 is 0 Å². The molecule has 128 valence electrons. The summed E-state index contributed by atoms with van der Waals surface area (Å²) in [4.78, 5) is 11.7. The number of benzene rings is 1. The van der Waals surface area contributed by atoms with Gasteiger partial charge in [-0.25, -0.2) is 4.79 Å². The number of alkyl halides is 3. The second-order valence-corrected chi connectivity index (χ2v) is 5.74. The van der Waals surface area contributed by atoms with Crippen molar-refractivity contribution in [1.82, 2.24) is 16.0 Å². The Kier molecular flexibility index (Phi) is 6.27. The van der Waals surface area contributed by atoms with Gasteiger partial charge in [-0.15, -0.1) is 0 Å². The van der Waals surface area contributed by atoms with Crippen molar-refractivity contribution in [2.75, 3.05) is 26.2 Å². The van der Waals surface area contributed by atoms with Crippen LogP contribution < -0.4 is 16.0 Å². The molecule has 23 heavy (non-hydrogen) atoms. The van der Waals surface area contributed by atoms with E-state index in [2.05, 4.69) is 16.0 Å². The monoisotopic (exact) mass is 329 g/mol. The van der Waals surface area contributed by atoms with E-state index in [9.17, 15) is 18.0 Å². The maximum Gasteiger partial charge on any atom is 0.416 e. The van der Waals surface area contributed by atoms with E-state index in [0.29, 0.717) is 12.5 Å². The zero-order valence-electron chi connectivity index (χ0n) is 12.9. The first-order valence-electron chi connectivity index (χ1n) is 7.84. The molecule has 4 nitrogen and oxygen atoms in total. The molecule has 0 spiro atoms. The maximum absolute atomic E-state index is 12.9. The molecule has 0 saturated carbocycles. The van der Waals surface area contributed by atoms with Crippen molar-refractivity contribution in [2.45, 2.75) is 25.4 Å². The number of hydrogen-bond acceptors (Lipinski definition) is 2. The van der Waals surface area contributed by atoms with E-state index in [0.717, 1.165) is 32.0 Å². The number of nitrogens with one attached hydrogen (secondary N) is 3. The van der Waals surface area contributed by atoms with Crippen molar-refractivity contribution >= 4 is 6.03 Å². The Morgan fingerprint density at radius 3 is 2.57 bits per heavy atom. The van der Waals surface area contributed by atoms with Gasteiger partial charge in [0.25, 0.3) is 0 Å². The number of carbonyl (C=O) groups is 1. The molecule has 1 aromatic rings. The molecule has 2 amide bonds. The van der Waals surface area contributed by atoms with E-state index >= 15 is 0 Å². The van der Waals surface area contributed by atoms with Crippen LogP contribution in [0.5, 0.6) is 0 Å². The minimum atomic E-state index is -4.37. The van der Waals surface area contributed by atoms with Gasteiger partial charge in [0, 0.05) is 13.1 Å². The van der Waals surface area contributed by atoms with Crippen LogP contribution in [0.3, 0.4) is 0 Å². The standard InChI is InChI=1S/C16H22F3N3O/c17-16(18,19)14-4-2-1-3-13(14)7-10-21-15(23)22-11-12-5-8-20-9-6-12/h1-4,12,20H,5-11H2,(H2,21,22,23). The van der Waals surface area contributed by atoms with Crippen LogP contribution in [0.1, 0.15) is 24.0 Å². The van der Waals surface area contributed by atoms with Gasteiger partial charge in [0.15, 0.2) is 0 Å². The van der Waals surface area contributed by atoms with Crippen molar-refractivity contribution < 1.29 is 18.0 Å². The highest BCUT2D eigenvalue weighted by atomic mass is 19.4. The summed E-state index contributed by atoms with van der Waals surface area (Å²) >= 11 is 0. The Morgan fingerprint density at radius 2 is 1.87 bits per heavy atom. The summed E-state index contributed by atoms with van der Waals surface area (Å²) in [5.41, 5.74) is -0.449. The van der Waals surface area contributed by atoms with Gasteiger partial charge in [0.1, 0.15) is 0 Å². The molecule has 0 aromatic heterocycles. The van der Waals surface area contributed by atoms with Gasteiger partial charge >= 0.3 is 12.2 Å². The first-order chi connectivity index (χ1) is 11.0. The normalized spacial score (nSPS) is 16.1. The molecular weight excluding hydrogens is 307 g/mol. The van der Waals surface area contributed by atoms with Crippen molar-refractivity contribution in [3.05, 3.63) is 35.4 Å². The minimum absolute atomic E-state index is 0.149. The van der Waals surface area contributed by atoms with Crippen LogP contribution in [0, 0.1) is 5.92 Å². The number of halogens is 3. The Labute approximate surface area is 133 Å². The molecule has 3 N–H and O–H groups in total. The Balaban J connectivity index is 1.73. The molecule has 1 saturated heterocycles. The molecule has 0 unspecified atom stereocenters. The summed E-state index contributed by atoms with van der Waals surface area (Å²) in [7, 11) is 0. The highest BCUT2D eigenvalue weighted by molar-refractivity contribution is 5.73. The van der Waals surface area contributed by atoms with Crippen molar-refractivity contribution in [3.63, 3.8) is 0 Å². The van der Waals surface area contributed by atoms with E-state index < -0.39 is 11.7 Å². The Bertz CT molecular complexity index is 514. The Hall–Kier alpha value is -1.76. The molecule has 0 aliphatic carbocycles. The van der Waals surface area contributed by atoms with Crippen LogP contribution in [0.15, 0.2) is 24.3 Å². The number of piperidine rings is 1. The maximum atomic E-state index is 12.9. The topological polar surface area (TPSA) is 53.2 Å². The molecule has 0 radical (unpaired) electrons. The number of hydrogen-bond donors (Lipinski definition) is 3.